The molecule has 0 heterocycles. The number of halogens is 1. The van der Waals surface area contributed by atoms with Crippen LogP contribution in [0.25, 0.3) is 0 Å². The third-order valence-corrected chi connectivity index (χ3v) is 3.45. The Morgan fingerprint density at radius 3 is 2.30 bits per heavy atom. The van der Waals surface area contributed by atoms with Crippen molar-refractivity contribution in [2.24, 2.45) is 0 Å². The molecule has 110 valence electrons. The molecule has 20 heavy (non-hydrogen) atoms. The molecule has 0 aliphatic carbocycles. The van der Waals surface area contributed by atoms with Gasteiger partial charge in [0.05, 0.1) is 0 Å². The molecule has 0 saturated heterocycles. The molecule has 1 aromatic carbocycles. The predicted molar refractivity (Wildman–Crippen MR) is 80.4 cm³/mol. The Labute approximate surface area is 125 Å². The molecule has 0 spiro atoms. The monoisotopic (exact) mass is 296 g/mol. The quantitative estimate of drug-likeness (QED) is 0.877. The van der Waals surface area contributed by atoms with E-state index in [2.05, 4.69) is 5.32 Å². The maximum absolute atomic E-state index is 12.1. The average molecular weight is 297 g/mol. The van der Waals surface area contributed by atoms with Crippen LogP contribution in [-0.4, -0.2) is 29.8 Å². The SMILES string of the molecule is CCC(=O)N(Cc1ccc(Cl)cc1)C(CC)C(=O)NC. The van der Waals surface area contributed by atoms with Gasteiger partial charge in [-0.25, -0.2) is 0 Å². The van der Waals surface area contributed by atoms with Gasteiger partial charge in [-0.1, -0.05) is 37.6 Å². The van der Waals surface area contributed by atoms with Crippen molar-refractivity contribution in [2.75, 3.05) is 7.05 Å². The number of hydrogen-bond donors (Lipinski definition) is 1. The van der Waals surface area contributed by atoms with E-state index in [1.807, 2.05) is 19.1 Å². The molecule has 1 rings (SSSR count). The molecule has 0 saturated carbocycles. The third-order valence-electron chi connectivity index (χ3n) is 3.20. The zero-order chi connectivity index (χ0) is 15.1. The molecule has 0 aromatic heterocycles. The lowest BCUT2D eigenvalue weighted by Crippen LogP contribution is -2.47. The fourth-order valence-corrected chi connectivity index (χ4v) is 2.20. The van der Waals surface area contributed by atoms with E-state index in [-0.39, 0.29) is 11.8 Å². The van der Waals surface area contributed by atoms with Crippen molar-refractivity contribution in [2.45, 2.75) is 39.3 Å². The first-order chi connectivity index (χ1) is 9.53. The normalized spacial score (nSPS) is 11.8. The van der Waals surface area contributed by atoms with Crippen LogP contribution in [0.1, 0.15) is 32.3 Å². The number of likely N-dealkylation sites (N-methyl/N-ethyl adjacent to an activating group) is 1. The van der Waals surface area contributed by atoms with Crippen LogP contribution in [0.4, 0.5) is 0 Å². The zero-order valence-electron chi connectivity index (χ0n) is 12.1. The molecule has 0 fully saturated rings. The summed E-state index contributed by atoms with van der Waals surface area (Å²) in [6.45, 7) is 4.11. The van der Waals surface area contributed by atoms with Gasteiger partial charge in [-0.3, -0.25) is 9.59 Å². The minimum atomic E-state index is -0.442. The van der Waals surface area contributed by atoms with Gasteiger partial charge >= 0.3 is 0 Å². The Bertz CT molecular complexity index is 459. The molecule has 0 bridgehead atoms. The molecule has 2 amide bonds. The van der Waals surface area contributed by atoms with E-state index >= 15 is 0 Å². The zero-order valence-corrected chi connectivity index (χ0v) is 12.9. The van der Waals surface area contributed by atoms with Gasteiger partial charge in [-0.15, -0.1) is 0 Å². The third kappa shape index (κ3) is 4.23. The highest BCUT2D eigenvalue weighted by Gasteiger charge is 2.26. The smallest absolute Gasteiger partial charge is 0.242 e. The minimum absolute atomic E-state index is 0.0320. The number of benzene rings is 1. The fraction of sp³-hybridized carbons (Fsp3) is 0.467. The molecular weight excluding hydrogens is 276 g/mol. The van der Waals surface area contributed by atoms with Crippen LogP contribution in [0.2, 0.25) is 5.02 Å². The summed E-state index contributed by atoms with van der Waals surface area (Å²) < 4.78 is 0. The largest absolute Gasteiger partial charge is 0.357 e. The van der Waals surface area contributed by atoms with Crippen LogP contribution in [0.3, 0.4) is 0 Å². The molecule has 0 aliphatic heterocycles. The average Bonchev–Trinajstić information content (AvgIpc) is 2.47. The maximum Gasteiger partial charge on any atom is 0.242 e. The van der Waals surface area contributed by atoms with E-state index in [0.717, 1.165) is 5.56 Å². The van der Waals surface area contributed by atoms with Gasteiger partial charge in [-0.2, -0.15) is 0 Å². The van der Waals surface area contributed by atoms with Crippen molar-refractivity contribution >= 4 is 23.4 Å². The van der Waals surface area contributed by atoms with Crippen LogP contribution >= 0.6 is 11.6 Å². The molecule has 5 heteroatoms. The van der Waals surface area contributed by atoms with Gasteiger partial charge in [0.1, 0.15) is 6.04 Å². The maximum atomic E-state index is 12.1. The van der Waals surface area contributed by atoms with Crippen molar-refractivity contribution in [3.63, 3.8) is 0 Å². The van der Waals surface area contributed by atoms with Gasteiger partial charge in [0.25, 0.3) is 0 Å². The lowest BCUT2D eigenvalue weighted by atomic mass is 10.1. The van der Waals surface area contributed by atoms with E-state index in [9.17, 15) is 9.59 Å². The standard InChI is InChI=1S/C15H21ClN2O2/c1-4-13(15(20)17-3)18(14(19)5-2)10-11-6-8-12(16)9-7-11/h6-9,13H,4-5,10H2,1-3H3,(H,17,20). The van der Waals surface area contributed by atoms with E-state index in [1.165, 1.54) is 0 Å². The van der Waals surface area contributed by atoms with Crippen LogP contribution in [0, 0.1) is 0 Å². The van der Waals surface area contributed by atoms with Crippen LogP contribution in [0.15, 0.2) is 24.3 Å². The van der Waals surface area contributed by atoms with Gasteiger partial charge in [0.2, 0.25) is 11.8 Å². The van der Waals surface area contributed by atoms with Gasteiger partial charge in [-0.05, 0) is 24.1 Å². The molecule has 4 nitrogen and oxygen atoms in total. The second kappa shape index (κ2) is 7.90. The summed E-state index contributed by atoms with van der Waals surface area (Å²) in [6.07, 6.45) is 0.958. The first-order valence-corrected chi connectivity index (χ1v) is 7.16. The van der Waals surface area contributed by atoms with Crippen molar-refractivity contribution in [1.29, 1.82) is 0 Å². The van der Waals surface area contributed by atoms with Crippen molar-refractivity contribution in [3.05, 3.63) is 34.9 Å². The lowest BCUT2D eigenvalue weighted by Gasteiger charge is -2.30. The Morgan fingerprint density at radius 2 is 1.85 bits per heavy atom. The Morgan fingerprint density at radius 1 is 1.25 bits per heavy atom. The van der Waals surface area contributed by atoms with E-state index in [4.69, 9.17) is 11.6 Å². The number of carbonyl (C=O) groups excluding carboxylic acids is 2. The van der Waals surface area contributed by atoms with Crippen LogP contribution < -0.4 is 5.32 Å². The highest BCUT2D eigenvalue weighted by Crippen LogP contribution is 2.15. The van der Waals surface area contributed by atoms with E-state index in [0.29, 0.717) is 24.4 Å². The van der Waals surface area contributed by atoms with Crippen molar-refractivity contribution < 1.29 is 9.59 Å². The Balaban J connectivity index is 2.96. The molecule has 0 aliphatic rings. The van der Waals surface area contributed by atoms with Gasteiger partial charge in [0.15, 0.2) is 0 Å². The summed E-state index contributed by atoms with van der Waals surface area (Å²) in [7, 11) is 1.59. The molecular formula is C15H21ClN2O2. The van der Waals surface area contributed by atoms with Gasteiger partial charge < -0.3 is 10.2 Å². The first-order valence-electron chi connectivity index (χ1n) is 6.78. The van der Waals surface area contributed by atoms with Crippen LogP contribution in [-0.2, 0) is 16.1 Å². The number of amides is 2. The summed E-state index contributed by atoms with van der Waals surface area (Å²) in [6, 6.07) is 6.87. The summed E-state index contributed by atoms with van der Waals surface area (Å²) >= 11 is 5.86. The second-order valence-electron chi connectivity index (χ2n) is 4.54. The molecule has 0 radical (unpaired) electrons. The van der Waals surface area contributed by atoms with E-state index in [1.54, 1.807) is 31.0 Å². The molecule has 1 atom stereocenters. The fourth-order valence-electron chi connectivity index (χ4n) is 2.08. The highest BCUT2D eigenvalue weighted by atomic mass is 35.5. The molecule has 1 N–H and O–H groups in total. The van der Waals surface area contributed by atoms with Crippen LogP contribution in [0.5, 0.6) is 0 Å². The summed E-state index contributed by atoms with van der Waals surface area (Å²) in [5.41, 5.74) is 0.957. The van der Waals surface area contributed by atoms with Crippen molar-refractivity contribution in [3.8, 4) is 0 Å². The number of carbonyl (C=O) groups is 2. The second-order valence-corrected chi connectivity index (χ2v) is 4.98. The Hall–Kier alpha value is -1.55. The Kier molecular flexibility index (Phi) is 6.52. The van der Waals surface area contributed by atoms with Crippen molar-refractivity contribution in [1.82, 2.24) is 10.2 Å². The summed E-state index contributed by atoms with van der Waals surface area (Å²) in [5.74, 6) is -0.168. The molecule has 1 aromatic rings. The summed E-state index contributed by atoms with van der Waals surface area (Å²) in [5, 5.41) is 3.27. The van der Waals surface area contributed by atoms with Gasteiger partial charge in [0, 0.05) is 25.0 Å². The predicted octanol–water partition coefficient (Wildman–Crippen LogP) is 2.60. The minimum Gasteiger partial charge on any atom is -0.357 e. The lowest BCUT2D eigenvalue weighted by molar-refractivity contribution is -0.141. The number of hydrogen-bond acceptors (Lipinski definition) is 2. The number of nitrogens with zero attached hydrogens (tertiary/aromatic N) is 1. The topological polar surface area (TPSA) is 49.4 Å². The first kappa shape index (κ1) is 16.5. The molecule has 1 unspecified atom stereocenters. The number of rotatable bonds is 6. The summed E-state index contributed by atoms with van der Waals surface area (Å²) in [4.78, 5) is 25.7. The number of nitrogens with one attached hydrogen (secondary N) is 1. The highest BCUT2D eigenvalue weighted by molar-refractivity contribution is 6.30. The van der Waals surface area contributed by atoms with E-state index < -0.39 is 6.04 Å².